The summed E-state index contributed by atoms with van der Waals surface area (Å²) in [6.07, 6.45) is 1.76. The van der Waals surface area contributed by atoms with Crippen LogP contribution < -0.4 is 10.1 Å². The first-order valence-corrected chi connectivity index (χ1v) is 10.7. The maximum Gasteiger partial charge on any atom is 0.234 e. The van der Waals surface area contributed by atoms with Crippen LogP contribution in [0.1, 0.15) is 30.8 Å². The van der Waals surface area contributed by atoms with Gasteiger partial charge in [0.2, 0.25) is 5.91 Å². The van der Waals surface area contributed by atoms with Gasteiger partial charge in [0, 0.05) is 12.7 Å². The molecule has 0 bridgehead atoms. The fourth-order valence-electron chi connectivity index (χ4n) is 2.97. The number of aryl methyl sites for hydroxylation is 2. The van der Waals surface area contributed by atoms with E-state index in [1.807, 2.05) is 48.0 Å². The average molecular weight is 411 g/mol. The molecule has 152 valence electrons. The van der Waals surface area contributed by atoms with Crippen LogP contribution in [0.3, 0.4) is 0 Å². The van der Waals surface area contributed by atoms with Crippen LogP contribution in [0.5, 0.6) is 5.75 Å². The number of benzene rings is 2. The molecule has 0 radical (unpaired) electrons. The molecule has 0 aliphatic heterocycles. The first kappa shape index (κ1) is 20.9. The van der Waals surface area contributed by atoms with Crippen molar-refractivity contribution in [1.29, 1.82) is 0 Å². The van der Waals surface area contributed by atoms with Crippen molar-refractivity contribution in [2.45, 2.75) is 38.5 Å². The number of para-hydroxylation sites is 2. The van der Waals surface area contributed by atoms with E-state index in [9.17, 15) is 4.79 Å². The van der Waals surface area contributed by atoms with Gasteiger partial charge in [0.25, 0.3) is 0 Å². The van der Waals surface area contributed by atoms with Crippen molar-refractivity contribution in [3.05, 3.63) is 65.5 Å². The molecule has 3 aromatic rings. The van der Waals surface area contributed by atoms with E-state index in [0.29, 0.717) is 17.6 Å². The summed E-state index contributed by atoms with van der Waals surface area (Å²) in [5, 5.41) is 12.1. The monoisotopic (exact) mass is 410 g/mol. The predicted octanol–water partition coefficient (Wildman–Crippen LogP) is 4.25. The third kappa shape index (κ3) is 5.38. The minimum atomic E-state index is -0.0457. The molecule has 0 spiro atoms. The highest BCUT2D eigenvalue weighted by molar-refractivity contribution is 7.99. The first-order valence-electron chi connectivity index (χ1n) is 9.71. The van der Waals surface area contributed by atoms with E-state index in [1.165, 1.54) is 11.8 Å². The number of aromatic nitrogens is 3. The summed E-state index contributed by atoms with van der Waals surface area (Å²) in [7, 11) is 1.88. The van der Waals surface area contributed by atoms with E-state index >= 15 is 0 Å². The second-order valence-corrected chi connectivity index (χ2v) is 7.50. The van der Waals surface area contributed by atoms with Crippen LogP contribution in [-0.2, 0) is 31.3 Å². The maximum atomic E-state index is 12.5. The molecule has 1 heterocycles. The molecule has 0 unspecified atom stereocenters. The average Bonchev–Trinajstić information content (AvgIpc) is 3.11. The molecule has 0 saturated carbocycles. The lowest BCUT2D eigenvalue weighted by Gasteiger charge is -2.14. The number of amides is 1. The highest BCUT2D eigenvalue weighted by Gasteiger charge is 2.14. The van der Waals surface area contributed by atoms with Crippen LogP contribution in [0.4, 0.5) is 5.69 Å². The highest BCUT2D eigenvalue weighted by atomic mass is 32.2. The third-order valence-corrected chi connectivity index (χ3v) is 5.65. The standard InChI is InChI=1S/C22H26N4O2S/c1-4-16-10-9-11-17(5-2)21(16)23-20(27)15-29-22-25-24-19(26(22)3)14-28-18-12-7-6-8-13-18/h6-13H,4-5,14-15H2,1-3H3,(H,23,27). The zero-order valence-corrected chi connectivity index (χ0v) is 17.8. The molecule has 3 rings (SSSR count). The molecule has 1 aromatic heterocycles. The first-order chi connectivity index (χ1) is 14.1. The van der Waals surface area contributed by atoms with Crippen molar-refractivity contribution in [3.63, 3.8) is 0 Å². The molecule has 0 saturated heterocycles. The zero-order chi connectivity index (χ0) is 20.6. The molecule has 1 amide bonds. The van der Waals surface area contributed by atoms with Gasteiger partial charge >= 0.3 is 0 Å². The third-order valence-electron chi connectivity index (χ3n) is 4.63. The molecular weight excluding hydrogens is 384 g/mol. The SMILES string of the molecule is CCc1cccc(CC)c1NC(=O)CSc1nnc(COc2ccccc2)n1C. The Bertz CT molecular complexity index is 934. The van der Waals surface area contributed by atoms with E-state index < -0.39 is 0 Å². The van der Waals surface area contributed by atoms with Gasteiger partial charge in [0.05, 0.1) is 5.75 Å². The van der Waals surface area contributed by atoms with E-state index in [2.05, 4.69) is 41.5 Å². The van der Waals surface area contributed by atoms with Gasteiger partial charge in [0.1, 0.15) is 12.4 Å². The minimum Gasteiger partial charge on any atom is -0.486 e. The minimum absolute atomic E-state index is 0.0457. The van der Waals surface area contributed by atoms with Gasteiger partial charge in [-0.2, -0.15) is 0 Å². The normalized spacial score (nSPS) is 10.7. The van der Waals surface area contributed by atoms with Crippen LogP contribution in [-0.4, -0.2) is 26.4 Å². The Morgan fingerprint density at radius 3 is 2.38 bits per heavy atom. The number of thioether (sulfide) groups is 1. The van der Waals surface area contributed by atoms with E-state index in [4.69, 9.17) is 4.74 Å². The Hall–Kier alpha value is -2.80. The van der Waals surface area contributed by atoms with Gasteiger partial charge in [-0.25, -0.2) is 0 Å². The van der Waals surface area contributed by atoms with Crippen molar-refractivity contribution in [2.24, 2.45) is 7.05 Å². The number of hydrogen-bond acceptors (Lipinski definition) is 5. The van der Waals surface area contributed by atoms with E-state index in [0.717, 1.165) is 35.4 Å². The molecule has 0 aliphatic rings. The number of ether oxygens (including phenoxy) is 1. The number of nitrogens with zero attached hydrogens (tertiary/aromatic N) is 3. The largest absolute Gasteiger partial charge is 0.486 e. The lowest BCUT2D eigenvalue weighted by atomic mass is 10.0. The Morgan fingerprint density at radius 1 is 1.03 bits per heavy atom. The van der Waals surface area contributed by atoms with E-state index in [-0.39, 0.29) is 11.7 Å². The summed E-state index contributed by atoms with van der Waals surface area (Å²) < 4.78 is 7.59. The number of nitrogens with one attached hydrogen (secondary N) is 1. The summed E-state index contributed by atoms with van der Waals surface area (Å²) in [6, 6.07) is 15.7. The van der Waals surface area contributed by atoms with Gasteiger partial charge in [-0.3, -0.25) is 4.79 Å². The van der Waals surface area contributed by atoms with Crippen LogP contribution in [0.15, 0.2) is 53.7 Å². The smallest absolute Gasteiger partial charge is 0.234 e. The van der Waals surface area contributed by atoms with Crippen molar-refractivity contribution in [1.82, 2.24) is 14.8 Å². The van der Waals surface area contributed by atoms with Gasteiger partial charge in [-0.15, -0.1) is 10.2 Å². The second kappa shape index (κ2) is 10.1. The van der Waals surface area contributed by atoms with Crippen LogP contribution in [0.2, 0.25) is 0 Å². The molecule has 2 aromatic carbocycles. The Balaban J connectivity index is 1.58. The highest BCUT2D eigenvalue weighted by Crippen LogP contribution is 2.24. The van der Waals surface area contributed by atoms with Gasteiger partial charge in [-0.1, -0.05) is 62.0 Å². The number of carbonyl (C=O) groups is 1. The fraction of sp³-hybridized carbons (Fsp3) is 0.318. The Kier molecular flexibility index (Phi) is 7.30. The van der Waals surface area contributed by atoms with Crippen LogP contribution in [0.25, 0.3) is 0 Å². The topological polar surface area (TPSA) is 69.0 Å². The number of rotatable bonds is 9. The lowest BCUT2D eigenvalue weighted by Crippen LogP contribution is -2.17. The van der Waals surface area contributed by atoms with Crippen molar-refractivity contribution < 1.29 is 9.53 Å². The number of hydrogen-bond donors (Lipinski definition) is 1. The zero-order valence-electron chi connectivity index (χ0n) is 17.0. The predicted molar refractivity (Wildman–Crippen MR) is 116 cm³/mol. The molecule has 0 aliphatic carbocycles. The summed E-state index contributed by atoms with van der Waals surface area (Å²) in [5.74, 6) is 1.72. The van der Waals surface area contributed by atoms with Gasteiger partial charge in [-0.05, 0) is 36.1 Å². The molecule has 0 fully saturated rings. The molecule has 6 nitrogen and oxygen atoms in total. The summed E-state index contributed by atoms with van der Waals surface area (Å²) >= 11 is 1.37. The van der Waals surface area contributed by atoms with Crippen molar-refractivity contribution in [3.8, 4) is 5.75 Å². The molecule has 7 heteroatoms. The lowest BCUT2D eigenvalue weighted by molar-refractivity contribution is -0.113. The summed E-state index contributed by atoms with van der Waals surface area (Å²) in [4.78, 5) is 12.5. The number of anilines is 1. The Labute approximate surface area is 175 Å². The van der Waals surface area contributed by atoms with Crippen LogP contribution in [0, 0.1) is 0 Å². The van der Waals surface area contributed by atoms with Crippen LogP contribution >= 0.6 is 11.8 Å². The Morgan fingerprint density at radius 2 is 1.72 bits per heavy atom. The van der Waals surface area contributed by atoms with Gasteiger partial charge in [0.15, 0.2) is 11.0 Å². The second-order valence-electron chi connectivity index (χ2n) is 6.55. The molecule has 0 atom stereocenters. The molecular formula is C22H26N4O2S. The van der Waals surface area contributed by atoms with Crippen molar-refractivity contribution in [2.75, 3.05) is 11.1 Å². The molecule has 29 heavy (non-hydrogen) atoms. The quantitative estimate of drug-likeness (QED) is 0.534. The number of carbonyl (C=O) groups excluding carboxylic acids is 1. The maximum absolute atomic E-state index is 12.5. The summed E-state index contributed by atoms with van der Waals surface area (Å²) in [5.41, 5.74) is 3.25. The fourth-order valence-corrected chi connectivity index (χ4v) is 3.70. The van der Waals surface area contributed by atoms with Gasteiger partial charge < -0.3 is 14.6 Å². The van der Waals surface area contributed by atoms with Crippen molar-refractivity contribution >= 4 is 23.4 Å². The summed E-state index contributed by atoms with van der Waals surface area (Å²) in [6.45, 7) is 4.51. The molecule has 1 N–H and O–H groups in total. The van der Waals surface area contributed by atoms with E-state index in [1.54, 1.807) is 0 Å².